The van der Waals surface area contributed by atoms with Crippen LogP contribution in [0.3, 0.4) is 0 Å². The fourth-order valence-electron chi connectivity index (χ4n) is 3.57. The molecule has 25 heavy (non-hydrogen) atoms. The van der Waals surface area contributed by atoms with E-state index in [9.17, 15) is 9.59 Å². The van der Waals surface area contributed by atoms with Gasteiger partial charge in [-0.1, -0.05) is 26.7 Å². The van der Waals surface area contributed by atoms with Crippen LogP contribution in [-0.4, -0.2) is 46.3 Å². The molecule has 1 aliphatic heterocycles. The monoisotopic (exact) mass is 349 g/mol. The van der Waals surface area contributed by atoms with Gasteiger partial charge in [0.25, 0.3) is 5.91 Å². The number of likely N-dealkylation sites (tertiary alicyclic amines) is 1. The molecule has 1 atom stereocenters. The van der Waals surface area contributed by atoms with Crippen molar-refractivity contribution in [2.45, 2.75) is 59.3 Å². The second kappa shape index (κ2) is 9.02. The Bertz CT molecular complexity index is 609. The molecule has 0 unspecified atom stereocenters. The van der Waals surface area contributed by atoms with Gasteiger partial charge in [0.05, 0.1) is 29.5 Å². The molecule has 0 aromatic carbocycles. The van der Waals surface area contributed by atoms with Gasteiger partial charge < -0.3 is 9.64 Å². The predicted molar refractivity (Wildman–Crippen MR) is 96.5 cm³/mol. The summed E-state index contributed by atoms with van der Waals surface area (Å²) in [5.41, 5.74) is 2.65. The molecule has 1 saturated heterocycles. The molecule has 0 saturated carbocycles. The first kappa shape index (κ1) is 19.5. The Morgan fingerprint density at radius 1 is 1.20 bits per heavy atom. The summed E-state index contributed by atoms with van der Waals surface area (Å²) in [6, 6.07) is 0. The summed E-state index contributed by atoms with van der Waals surface area (Å²) < 4.78 is 7.01. The number of hydrogen-bond donors (Lipinski definition) is 0. The van der Waals surface area contributed by atoms with Crippen molar-refractivity contribution >= 4 is 11.9 Å². The SMILES string of the molecule is CCCc1nn(C)c(CCC)c1C(=O)N1CCC[C@H](C(=O)OCC)C1. The summed E-state index contributed by atoms with van der Waals surface area (Å²) >= 11 is 0. The summed E-state index contributed by atoms with van der Waals surface area (Å²) in [7, 11) is 1.92. The number of hydrogen-bond acceptors (Lipinski definition) is 4. The number of ether oxygens (including phenoxy) is 1. The molecule has 1 aromatic heterocycles. The minimum Gasteiger partial charge on any atom is -0.466 e. The van der Waals surface area contributed by atoms with Crippen molar-refractivity contribution in [3.8, 4) is 0 Å². The molecule has 2 rings (SSSR count). The van der Waals surface area contributed by atoms with Crippen molar-refractivity contribution < 1.29 is 14.3 Å². The van der Waals surface area contributed by atoms with Crippen molar-refractivity contribution in [1.82, 2.24) is 14.7 Å². The fourth-order valence-corrected chi connectivity index (χ4v) is 3.57. The van der Waals surface area contributed by atoms with E-state index in [1.54, 1.807) is 0 Å². The van der Waals surface area contributed by atoms with Crippen LogP contribution in [0.1, 0.15) is 68.2 Å². The number of esters is 1. The maximum Gasteiger partial charge on any atom is 0.310 e. The highest BCUT2D eigenvalue weighted by molar-refractivity contribution is 5.97. The lowest BCUT2D eigenvalue weighted by Gasteiger charge is -2.31. The number of carbonyl (C=O) groups excluding carboxylic acids is 2. The highest BCUT2D eigenvalue weighted by Gasteiger charge is 2.32. The van der Waals surface area contributed by atoms with Crippen molar-refractivity contribution in [2.24, 2.45) is 13.0 Å². The van der Waals surface area contributed by atoms with Gasteiger partial charge in [-0.25, -0.2) is 0 Å². The van der Waals surface area contributed by atoms with E-state index in [1.807, 2.05) is 23.6 Å². The van der Waals surface area contributed by atoms with Crippen LogP contribution in [0.5, 0.6) is 0 Å². The lowest BCUT2D eigenvalue weighted by molar-refractivity contribution is -0.149. The quantitative estimate of drug-likeness (QED) is 0.710. The molecule has 1 fully saturated rings. The van der Waals surface area contributed by atoms with Gasteiger partial charge in [-0.05, 0) is 32.6 Å². The third kappa shape index (κ3) is 4.41. The summed E-state index contributed by atoms with van der Waals surface area (Å²) in [5, 5.41) is 4.60. The Kier molecular flexibility index (Phi) is 7.02. The molecule has 6 heteroatoms. The van der Waals surface area contributed by atoms with Gasteiger partial charge >= 0.3 is 5.97 Å². The van der Waals surface area contributed by atoms with Crippen LogP contribution in [0, 0.1) is 5.92 Å². The number of nitrogens with zero attached hydrogens (tertiary/aromatic N) is 3. The first-order chi connectivity index (χ1) is 12.0. The zero-order valence-electron chi connectivity index (χ0n) is 16.0. The summed E-state index contributed by atoms with van der Waals surface area (Å²) in [4.78, 5) is 27.1. The van der Waals surface area contributed by atoms with Crippen molar-refractivity contribution in [3.63, 3.8) is 0 Å². The maximum absolute atomic E-state index is 13.3. The molecule has 1 aliphatic rings. The standard InChI is InChI=1S/C19H31N3O3/c1-5-9-15-17(16(10-6-2)21(4)20-15)18(23)22-12-8-11-14(13-22)19(24)25-7-3/h14H,5-13H2,1-4H3/t14-/m0/s1. The molecular formula is C19H31N3O3. The minimum absolute atomic E-state index is 0.0222. The van der Waals surface area contributed by atoms with Gasteiger partial charge in [0.2, 0.25) is 0 Å². The second-order valence-corrected chi connectivity index (χ2v) is 6.73. The van der Waals surface area contributed by atoms with E-state index < -0.39 is 0 Å². The van der Waals surface area contributed by atoms with Gasteiger partial charge in [0.15, 0.2) is 0 Å². The van der Waals surface area contributed by atoms with Gasteiger partial charge in [-0.2, -0.15) is 5.10 Å². The third-order valence-electron chi connectivity index (χ3n) is 4.75. The number of amides is 1. The average molecular weight is 349 g/mol. The van der Waals surface area contributed by atoms with Crippen LogP contribution < -0.4 is 0 Å². The largest absolute Gasteiger partial charge is 0.466 e. The zero-order valence-corrected chi connectivity index (χ0v) is 16.0. The van der Waals surface area contributed by atoms with Gasteiger partial charge in [0, 0.05) is 20.1 Å². The molecule has 6 nitrogen and oxygen atoms in total. The number of aromatic nitrogens is 2. The molecule has 0 N–H and O–H groups in total. The van der Waals surface area contributed by atoms with Crippen molar-refractivity contribution in [3.05, 3.63) is 17.0 Å². The van der Waals surface area contributed by atoms with Gasteiger partial charge in [0.1, 0.15) is 0 Å². The molecule has 1 aromatic rings. The van der Waals surface area contributed by atoms with Crippen LogP contribution in [0.4, 0.5) is 0 Å². The lowest BCUT2D eigenvalue weighted by Crippen LogP contribution is -2.43. The molecule has 1 amide bonds. The summed E-state index contributed by atoms with van der Waals surface area (Å²) in [6.45, 7) is 7.55. The van der Waals surface area contributed by atoms with Crippen LogP contribution in [0.2, 0.25) is 0 Å². The number of aryl methyl sites for hydroxylation is 2. The Hall–Kier alpha value is -1.85. The molecule has 2 heterocycles. The highest BCUT2D eigenvalue weighted by atomic mass is 16.5. The lowest BCUT2D eigenvalue weighted by atomic mass is 9.96. The topological polar surface area (TPSA) is 64.4 Å². The Balaban J connectivity index is 2.25. The van der Waals surface area contributed by atoms with Crippen LogP contribution in [0.15, 0.2) is 0 Å². The van der Waals surface area contributed by atoms with E-state index in [4.69, 9.17) is 4.74 Å². The fraction of sp³-hybridized carbons (Fsp3) is 0.737. The van der Waals surface area contributed by atoms with E-state index in [2.05, 4.69) is 18.9 Å². The molecule has 140 valence electrons. The highest BCUT2D eigenvalue weighted by Crippen LogP contribution is 2.24. The van der Waals surface area contributed by atoms with Crippen LogP contribution in [-0.2, 0) is 29.4 Å². The van der Waals surface area contributed by atoms with E-state index in [1.165, 1.54) is 0 Å². The van der Waals surface area contributed by atoms with Crippen LogP contribution >= 0.6 is 0 Å². The number of piperidine rings is 1. The summed E-state index contributed by atoms with van der Waals surface area (Å²) in [6.07, 6.45) is 5.18. The first-order valence-electron chi connectivity index (χ1n) is 9.54. The van der Waals surface area contributed by atoms with E-state index in [0.29, 0.717) is 19.7 Å². The number of carbonyl (C=O) groups is 2. The first-order valence-corrected chi connectivity index (χ1v) is 9.54. The van der Waals surface area contributed by atoms with E-state index in [0.717, 1.165) is 55.5 Å². The minimum atomic E-state index is -0.210. The third-order valence-corrected chi connectivity index (χ3v) is 4.75. The van der Waals surface area contributed by atoms with Crippen molar-refractivity contribution in [2.75, 3.05) is 19.7 Å². The maximum atomic E-state index is 13.3. The smallest absolute Gasteiger partial charge is 0.310 e. The molecular weight excluding hydrogens is 318 g/mol. The average Bonchev–Trinajstić information content (AvgIpc) is 2.91. The van der Waals surface area contributed by atoms with Gasteiger partial charge in [-0.15, -0.1) is 0 Å². The normalized spacial score (nSPS) is 17.6. The van der Waals surface area contributed by atoms with E-state index in [-0.39, 0.29) is 17.8 Å². The molecule has 0 bridgehead atoms. The van der Waals surface area contributed by atoms with Gasteiger partial charge in [-0.3, -0.25) is 14.3 Å². The van der Waals surface area contributed by atoms with E-state index >= 15 is 0 Å². The van der Waals surface area contributed by atoms with Crippen molar-refractivity contribution in [1.29, 1.82) is 0 Å². The molecule has 0 aliphatic carbocycles. The second-order valence-electron chi connectivity index (χ2n) is 6.73. The Labute approximate surface area is 150 Å². The van der Waals surface area contributed by atoms with Crippen LogP contribution in [0.25, 0.3) is 0 Å². The summed E-state index contributed by atoms with van der Waals surface area (Å²) in [5.74, 6) is -0.374. The molecule has 0 spiro atoms. The zero-order chi connectivity index (χ0) is 18.4. The Morgan fingerprint density at radius 3 is 2.56 bits per heavy atom. The predicted octanol–water partition coefficient (Wildman–Crippen LogP) is 2.74. The number of rotatable bonds is 7. The Morgan fingerprint density at radius 2 is 1.92 bits per heavy atom. The molecule has 0 radical (unpaired) electrons.